The lowest BCUT2D eigenvalue weighted by Crippen LogP contribution is -2.31. The lowest BCUT2D eigenvalue weighted by molar-refractivity contribution is -0.115. The summed E-state index contributed by atoms with van der Waals surface area (Å²) in [5.41, 5.74) is 6.16. The minimum absolute atomic E-state index is 0.331. The number of fused-ring (bicyclic) bond motifs is 3. The van der Waals surface area contributed by atoms with Crippen LogP contribution in [0.25, 0.3) is 27.7 Å². The van der Waals surface area contributed by atoms with Crippen LogP contribution in [0.2, 0.25) is 5.02 Å². The van der Waals surface area contributed by atoms with Gasteiger partial charge < -0.3 is 0 Å². The van der Waals surface area contributed by atoms with Gasteiger partial charge in [0, 0.05) is 29.9 Å². The van der Waals surface area contributed by atoms with Gasteiger partial charge in [-0.2, -0.15) is 5.10 Å². The summed E-state index contributed by atoms with van der Waals surface area (Å²) in [4.78, 5) is 28.4. The Bertz CT molecular complexity index is 1240. The summed E-state index contributed by atoms with van der Waals surface area (Å²) < 4.78 is 2.82. The molecule has 1 N–H and O–H groups in total. The number of halogens is 1. The Hall–Kier alpha value is -3.19. The second-order valence-corrected chi connectivity index (χ2v) is 6.57. The molecule has 0 aliphatic carbocycles. The molecule has 1 amide bonds. The van der Waals surface area contributed by atoms with E-state index in [2.05, 4.69) is 15.5 Å². The number of rotatable bonds is 3. The molecular weight excluding hydrogens is 366 g/mol. The number of carbonyl (C=O) groups is 1. The molecular formula is C19H16ClN5O2. The highest BCUT2D eigenvalue weighted by Gasteiger charge is 2.17. The van der Waals surface area contributed by atoms with E-state index in [1.54, 1.807) is 10.6 Å². The van der Waals surface area contributed by atoms with E-state index in [1.165, 1.54) is 19.3 Å². The van der Waals surface area contributed by atoms with Crippen molar-refractivity contribution in [3.63, 3.8) is 0 Å². The largest absolute Gasteiger partial charge is 0.280 e. The Kier molecular flexibility index (Phi) is 4.16. The van der Waals surface area contributed by atoms with E-state index in [1.807, 2.05) is 31.2 Å². The summed E-state index contributed by atoms with van der Waals surface area (Å²) in [6.45, 7) is 3.37. The summed E-state index contributed by atoms with van der Waals surface area (Å²) in [6.07, 6.45) is 3.75. The molecule has 0 saturated carbocycles. The van der Waals surface area contributed by atoms with E-state index >= 15 is 0 Å². The van der Waals surface area contributed by atoms with Gasteiger partial charge in [-0.3, -0.25) is 15.0 Å². The maximum Gasteiger partial charge on any atom is 0.280 e. The van der Waals surface area contributed by atoms with Gasteiger partial charge in [0.1, 0.15) is 0 Å². The molecule has 0 fully saturated rings. The first kappa shape index (κ1) is 17.2. The monoisotopic (exact) mass is 381 g/mol. The Morgan fingerprint density at radius 1 is 1.22 bits per heavy atom. The third-order valence-electron chi connectivity index (χ3n) is 4.33. The minimum atomic E-state index is -0.362. The molecule has 136 valence electrons. The Morgan fingerprint density at radius 3 is 2.63 bits per heavy atom. The normalized spacial score (nSPS) is 11.2. The highest BCUT2D eigenvalue weighted by Crippen LogP contribution is 2.30. The predicted molar refractivity (Wildman–Crippen MR) is 105 cm³/mol. The van der Waals surface area contributed by atoms with Gasteiger partial charge >= 0.3 is 0 Å². The van der Waals surface area contributed by atoms with Gasteiger partial charge in [-0.05, 0) is 30.2 Å². The molecule has 0 bridgehead atoms. The number of pyridine rings is 1. The standard InChI is InChI=1S/C19H16ClN5O2/c1-3-15-17(12-4-6-13(20)7-5-12)18-21-10-14-16(25(18)23-15)8-9-24(19(14)27)22-11(2)26/h4-10H,3H2,1-2H3,(H,22,26). The van der Waals surface area contributed by atoms with E-state index in [9.17, 15) is 9.59 Å². The molecule has 1 aromatic carbocycles. The summed E-state index contributed by atoms with van der Waals surface area (Å²) in [7, 11) is 0. The van der Waals surface area contributed by atoms with Crippen molar-refractivity contribution in [2.24, 2.45) is 0 Å². The molecule has 0 aliphatic heterocycles. The molecule has 3 aromatic heterocycles. The van der Waals surface area contributed by atoms with Crippen LogP contribution in [0, 0.1) is 0 Å². The van der Waals surface area contributed by atoms with Crippen molar-refractivity contribution in [1.82, 2.24) is 19.3 Å². The van der Waals surface area contributed by atoms with Crippen LogP contribution in [-0.4, -0.2) is 25.2 Å². The Labute approximate surface area is 159 Å². The first-order valence-electron chi connectivity index (χ1n) is 8.45. The number of aryl methyl sites for hydroxylation is 1. The maximum atomic E-state index is 12.6. The first-order valence-corrected chi connectivity index (χ1v) is 8.83. The zero-order chi connectivity index (χ0) is 19.1. The average Bonchev–Trinajstić information content (AvgIpc) is 3.03. The van der Waals surface area contributed by atoms with Crippen molar-refractivity contribution < 1.29 is 4.79 Å². The van der Waals surface area contributed by atoms with Gasteiger partial charge in [-0.1, -0.05) is 30.7 Å². The van der Waals surface area contributed by atoms with Crippen LogP contribution < -0.4 is 11.0 Å². The number of hydrogen-bond acceptors (Lipinski definition) is 4. The second kappa shape index (κ2) is 6.51. The quantitative estimate of drug-likeness (QED) is 0.591. The smallest absolute Gasteiger partial charge is 0.274 e. The second-order valence-electron chi connectivity index (χ2n) is 6.13. The van der Waals surface area contributed by atoms with E-state index < -0.39 is 0 Å². The molecule has 27 heavy (non-hydrogen) atoms. The number of aromatic nitrogens is 4. The molecule has 0 unspecified atom stereocenters. The fraction of sp³-hybridized carbons (Fsp3) is 0.158. The molecule has 3 heterocycles. The van der Waals surface area contributed by atoms with Crippen LogP contribution in [0.1, 0.15) is 19.5 Å². The number of nitrogens with zero attached hydrogens (tertiary/aromatic N) is 4. The number of benzene rings is 1. The van der Waals surface area contributed by atoms with Crippen LogP contribution in [-0.2, 0) is 11.2 Å². The summed E-state index contributed by atoms with van der Waals surface area (Å²) in [5.74, 6) is -0.331. The van der Waals surface area contributed by atoms with Gasteiger partial charge in [0.2, 0.25) is 5.91 Å². The molecule has 0 spiro atoms. The van der Waals surface area contributed by atoms with Gasteiger partial charge in [0.15, 0.2) is 5.65 Å². The molecule has 7 nitrogen and oxygen atoms in total. The topological polar surface area (TPSA) is 81.3 Å². The van der Waals surface area contributed by atoms with Crippen molar-refractivity contribution in [2.45, 2.75) is 20.3 Å². The van der Waals surface area contributed by atoms with Crippen LogP contribution in [0.4, 0.5) is 0 Å². The number of hydrogen-bond donors (Lipinski definition) is 1. The van der Waals surface area contributed by atoms with Crippen LogP contribution in [0.15, 0.2) is 47.5 Å². The van der Waals surface area contributed by atoms with Crippen molar-refractivity contribution in [3.05, 3.63) is 63.8 Å². The fourth-order valence-electron chi connectivity index (χ4n) is 3.13. The molecule has 4 aromatic rings. The third kappa shape index (κ3) is 2.86. The zero-order valence-corrected chi connectivity index (χ0v) is 15.5. The van der Waals surface area contributed by atoms with Gasteiger partial charge in [0.25, 0.3) is 5.56 Å². The average molecular weight is 382 g/mol. The molecule has 4 rings (SSSR count). The van der Waals surface area contributed by atoms with Crippen molar-refractivity contribution in [2.75, 3.05) is 5.43 Å². The van der Waals surface area contributed by atoms with Crippen LogP contribution >= 0.6 is 11.6 Å². The Balaban J connectivity index is 2.01. The van der Waals surface area contributed by atoms with E-state index in [0.29, 0.717) is 28.0 Å². The number of nitrogens with one attached hydrogen (secondary N) is 1. The third-order valence-corrected chi connectivity index (χ3v) is 4.58. The van der Waals surface area contributed by atoms with Gasteiger partial charge in [-0.25, -0.2) is 14.2 Å². The molecule has 0 atom stereocenters. The number of carbonyl (C=O) groups excluding carboxylic acids is 1. The fourth-order valence-corrected chi connectivity index (χ4v) is 3.26. The highest BCUT2D eigenvalue weighted by molar-refractivity contribution is 6.30. The lowest BCUT2D eigenvalue weighted by Gasteiger charge is -2.08. The van der Waals surface area contributed by atoms with Crippen molar-refractivity contribution in [3.8, 4) is 11.1 Å². The zero-order valence-electron chi connectivity index (χ0n) is 14.7. The molecule has 0 saturated heterocycles. The molecule has 0 aliphatic rings. The van der Waals surface area contributed by atoms with E-state index in [0.717, 1.165) is 21.5 Å². The van der Waals surface area contributed by atoms with Gasteiger partial charge in [0.05, 0.1) is 16.6 Å². The van der Waals surface area contributed by atoms with E-state index in [4.69, 9.17) is 11.6 Å². The first-order chi connectivity index (χ1) is 13.0. The van der Waals surface area contributed by atoms with Crippen molar-refractivity contribution in [1.29, 1.82) is 0 Å². The van der Waals surface area contributed by atoms with Gasteiger partial charge in [-0.15, -0.1) is 0 Å². The van der Waals surface area contributed by atoms with Crippen molar-refractivity contribution >= 4 is 34.1 Å². The minimum Gasteiger partial charge on any atom is -0.274 e. The lowest BCUT2D eigenvalue weighted by atomic mass is 10.0. The van der Waals surface area contributed by atoms with Crippen LogP contribution in [0.5, 0.6) is 0 Å². The maximum absolute atomic E-state index is 12.6. The predicted octanol–water partition coefficient (Wildman–Crippen LogP) is 3.02. The molecule has 8 heteroatoms. The highest BCUT2D eigenvalue weighted by atomic mass is 35.5. The summed E-state index contributed by atoms with van der Waals surface area (Å²) in [5, 5.41) is 5.70. The summed E-state index contributed by atoms with van der Waals surface area (Å²) >= 11 is 6.01. The Morgan fingerprint density at radius 2 is 1.96 bits per heavy atom. The molecule has 0 radical (unpaired) electrons. The number of amides is 1. The SMILES string of the molecule is CCc1nn2c(ncc3c(=O)n(NC(C)=O)ccc32)c1-c1ccc(Cl)cc1. The summed E-state index contributed by atoms with van der Waals surface area (Å²) in [6, 6.07) is 9.25. The van der Waals surface area contributed by atoms with Crippen LogP contribution in [0.3, 0.4) is 0 Å². The van der Waals surface area contributed by atoms with E-state index in [-0.39, 0.29) is 11.5 Å².